The molecule has 0 unspecified atom stereocenters. The molecule has 29 heavy (non-hydrogen) atoms. The van der Waals surface area contributed by atoms with Crippen molar-refractivity contribution in [2.75, 3.05) is 19.0 Å². The first kappa shape index (κ1) is 19.2. The van der Waals surface area contributed by atoms with Gasteiger partial charge in [-0.25, -0.2) is 0 Å². The van der Waals surface area contributed by atoms with Crippen LogP contribution in [0.15, 0.2) is 54.7 Å². The van der Waals surface area contributed by atoms with E-state index < -0.39 is 6.61 Å². The van der Waals surface area contributed by atoms with Crippen molar-refractivity contribution in [3.05, 3.63) is 60.3 Å². The number of nitrogens with zero attached hydrogens (tertiary/aromatic N) is 2. The van der Waals surface area contributed by atoms with Crippen molar-refractivity contribution in [2.24, 2.45) is 5.92 Å². The van der Waals surface area contributed by atoms with Crippen LogP contribution in [0.3, 0.4) is 0 Å². The zero-order chi connectivity index (χ0) is 20.2. The Bertz CT molecular complexity index is 970. The van der Waals surface area contributed by atoms with E-state index in [4.69, 9.17) is 4.74 Å². The van der Waals surface area contributed by atoms with Crippen LogP contribution in [0.25, 0.3) is 11.3 Å². The molecule has 0 bridgehead atoms. The molecule has 152 valence electrons. The molecule has 1 aromatic heterocycles. The summed E-state index contributed by atoms with van der Waals surface area (Å²) in [6.45, 7) is -1.86. The number of benzene rings is 2. The SMILES string of the molecule is CNc1cccc(-c2ccn(Cc3ccc(OC(F)F)c(OCC4CC4)c3)n2)c1. The topological polar surface area (TPSA) is 48.3 Å². The molecule has 1 aliphatic rings. The zero-order valence-electron chi connectivity index (χ0n) is 16.1. The quantitative estimate of drug-likeness (QED) is 0.548. The van der Waals surface area contributed by atoms with E-state index in [1.54, 1.807) is 12.1 Å². The predicted molar refractivity (Wildman–Crippen MR) is 108 cm³/mol. The zero-order valence-corrected chi connectivity index (χ0v) is 16.1. The lowest BCUT2D eigenvalue weighted by atomic mass is 10.1. The van der Waals surface area contributed by atoms with Gasteiger partial charge < -0.3 is 14.8 Å². The Morgan fingerprint density at radius 1 is 1.14 bits per heavy atom. The molecule has 3 aromatic rings. The number of nitrogens with one attached hydrogen (secondary N) is 1. The van der Waals surface area contributed by atoms with Gasteiger partial charge >= 0.3 is 6.61 Å². The molecule has 0 amide bonds. The van der Waals surface area contributed by atoms with Crippen molar-refractivity contribution in [3.63, 3.8) is 0 Å². The van der Waals surface area contributed by atoms with Gasteiger partial charge in [-0.15, -0.1) is 0 Å². The average Bonchev–Trinajstić information content (AvgIpc) is 3.44. The molecule has 1 saturated carbocycles. The summed E-state index contributed by atoms with van der Waals surface area (Å²) in [4.78, 5) is 0. The number of rotatable bonds is 9. The van der Waals surface area contributed by atoms with Crippen LogP contribution in [0.4, 0.5) is 14.5 Å². The van der Waals surface area contributed by atoms with Crippen LogP contribution in [0.5, 0.6) is 11.5 Å². The predicted octanol–water partition coefficient (Wildman–Crippen LogP) is 5.03. The lowest BCUT2D eigenvalue weighted by molar-refractivity contribution is -0.0515. The summed E-state index contributed by atoms with van der Waals surface area (Å²) in [6.07, 6.45) is 4.14. The van der Waals surface area contributed by atoms with Crippen molar-refractivity contribution < 1.29 is 18.3 Å². The average molecular weight is 399 g/mol. The smallest absolute Gasteiger partial charge is 0.387 e. The maximum Gasteiger partial charge on any atom is 0.387 e. The molecular weight excluding hydrogens is 376 g/mol. The molecule has 1 N–H and O–H groups in total. The second-order valence-corrected chi connectivity index (χ2v) is 7.14. The van der Waals surface area contributed by atoms with Crippen LogP contribution in [0.1, 0.15) is 18.4 Å². The van der Waals surface area contributed by atoms with Crippen LogP contribution in [-0.2, 0) is 6.54 Å². The van der Waals surface area contributed by atoms with Crippen molar-refractivity contribution in [2.45, 2.75) is 26.0 Å². The van der Waals surface area contributed by atoms with Gasteiger partial charge in [0.1, 0.15) is 0 Å². The molecule has 2 aromatic carbocycles. The minimum Gasteiger partial charge on any atom is -0.489 e. The summed E-state index contributed by atoms with van der Waals surface area (Å²) in [5.41, 5.74) is 3.80. The molecule has 0 atom stereocenters. The molecule has 0 radical (unpaired) electrons. The summed E-state index contributed by atoms with van der Waals surface area (Å²) in [5, 5.41) is 7.75. The van der Waals surface area contributed by atoms with E-state index in [0.717, 1.165) is 35.3 Å². The second-order valence-electron chi connectivity index (χ2n) is 7.14. The van der Waals surface area contributed by atoms with Crippen molar-refractivity contribution in [1.29, 1.82) is 0 Å². The number of hydrogen-bond acceptors (Lipinski definition) is 4. The molecule has 1 heterocycles. The Morgan fingerprint density at radius 2 is 2.00 bits per heavy atom. The van der Waals surface area contributed by atoms with Crippen LogP contribution in [0, 0.1) is 5.92 Å². The highest BCUT2D eigenvalue weighted by Crippen LogP contribution is 2.34. The van der Waals surface area contributed by atoms with E-state index in [2.05, 4.69) is 15.2 Å². The van der Waals surface area contributed by atoms with Gasteiger partial charge in [0.05, 0.1) is 18.8 Å². The third-order valence-corrected chi connectivity index (χ3v) is 4.83. The molecule has 0 saturated heterocycles. The molecule has 5 nitrogen and oxygen atoms in total. The largest absolute Gasteiger partial charge is 0.489 e. The number of hydrogen-bond donors (Lipinski definition) is 1. The Hall–Kier alpha value is -3.09. The second kappa shape index (κ2) is 8.51. The van der Waals surface area contributed by atoms with Crippen molar-refractivity contribution in [3.8, 4) is 22.8 Å². The minimum absolute atomic E-state index is 0.0643. The first-order valence-electron chi connectivity index (χ1n) is 9.63. The first-order valence-corrected chi connectivity index (χ1v) is 9.63. The lowest BCUT2D eigenvalue weighted by Crippen LogP contribution is -2.07. The van der Waals surface area contributed by atoms with Crippen LogP contribution >= 0.6 is 0 Å². The van der Waals surface area contributed by atoms with Crippen LogP contribution < -0.4 is 14.8 Å². The summed E-state index contributed by atoms with van der Waals surface area (Å²) < 4.78 is 37.5. The maximum atomic E-state index is 12.7. The van der Waals surface area contributed by atoms with Gasteiger partial charge in [0.2, 0.25) is 0 Å². The summed E-state index contributed by atoms with van der Waals surface area (Å²) in [6, 6.07) is 15.0. The first-order chi connectivity index (χ1) is 14.1. The standard InChI is InChI=1S/C22H23F2N3O2/c1-25-18-4-2-3-17(12-18)19-9-10-27(26-19)13-16-7-8-20(29-22(23)24)21(11-16)28-14-15-5-6-15/h2-4,7-12,15,22,25H,5-6,13-14H2,1H3. The van der Waals surface area contributed by atoms with Crippen molar-refractivity contribution >= 4 is 5.69 Å². The monoisotopic (exact) mass is 399 g/mol. The van der Waals surface area contributed by atoms with Crippen LogP contribution in [0.2, 0.25) is 0 Å². The van der Waals surface area contributed by atoms with E-state index in [0.29, 0.717) is 24.8 Å². The van der Waals surface area contributed by atoms with Gasteiger partial charge in [0, 0.05) is 24.5 Å². The summed E-state index contributed by atoms with van der Waals surface area (Å²) in [7, 11) is 1.88. The van der Waals surface area contributed by atoms with Gasteiger partial charge in [-0.05, 0) is 54.7 Å². The summed E-state index contributed by atoms with van der Waals surface area (Å²) >= 11 is 0. The van der Waals surface area contributed by atoms with E-state index >= 15 is 0 Å². The Kier molecular flexibility index (Phi) is 5.64. The molecule has 4 rings (SSSR count). The van der Waals surface area contributed by atoms with Gasteiger partial charge in [-0.2, -0.15) is 13.9 Å². The number of anilines is 1. The van der Waals surface area contributed by atoms with E-state index in [1.807, 2.05) is 48.3 Å². The van der Waals surface area contributed by atoms with Gasteiger partial charge in [0.15, 0.2) is 11.5 Å². The highest BCUT2D eigenvalue weighted by Gasteiger charge is 2.23. The molecule has 1 aliphatic carbocycles. The van der Waals surface area contributed by atoms with Crippen LogP contribution in [-0.4, -0.2) is 30.0 Å². The number of aromatic nitrogens is 2. The number of halogens is 2. The number of alkyl halides is 2. The van der Waals surface area contributed by atoms with E-state index in [-0.39, 0.29) is 5.75 Å². The van der Waals surface area contributed by atoms with Gasteiger partial charge in [-0.3, -0.25) is 4.68 Å². The van der Waals surface area contributed by atoms with Gasteiger partial charge in [0.25, 0.3) is 0 Å². The fourth-order valence-electron chi connectivity index (χ4n) is 3.07. The highest BCUT2D eigenvalue weighted by atomic mass is 19.3. The molecule has 1 fully saturated rings. The minimum atomic E-state index is -2.88. The normalized spacial score (nSPS) is 13.5. The lowest BCUT2D eigenvalue weighted by Gasteiger charge is -2.13. The fourth-order valence-corrected chi connectivity index (χ4v) is 3.07. The van der Waals surface area contributed by atoms with Gasteiger partial charge in [-0.1, -0.05) is 18.2 Å². The Balaban J connectivity index is 1.51. The molecule has 0 aliphatic heterocycles. The maximum absolute atomic E-state index is 12.7. The Labute approximate surface area is 168 Å². The molecule has 7 heteroatoms. The summed E-state index contributed by atoms with van der Waals surface area (Å²) in [5.74, 6) is 0.929. The third-order valence-electron chi connectivity index (χ3n) is 4.83. The molecule has 0 spiro atoms. The van der Waals surface area contributed by atoms with E-state index in [1.165, 1.54) is 6.07 Å². The number of ether oxygens (including phenoxy) is 2. The fraction of sp³-hybridized carbons (Fsp3) is 0.318. The molecular formula is C22H23F2N3O2. The van der Waals surface area contributed by atoms with Crippen molar-refractivity contribution in [1.82, 2.24) is 9.78 Å². The Morgan fingerprint density at radius 3 is 2.76 bits per heavy atom. The van der Waals surface area contributed by atoms with E-state index in [9.17, 15) is 8.78 Å². The third kappa shape index (κ3) is 5.04. The highest BCUT2D eigenvalue weighted by molar-refractivity contribution is 5.64.